The van der Waals surface area contributed by atoms with Crippen molar-refractivity contribution in [1.29, 1.82) is 5.26 Å². The highest BCUT2D eigenvalue weighted by Crippen LogP contribution is 2.22. The molecule has 3 aromatic carbocycles. The maximum Gasteiger partial charge on any atom is 0.310 e. The first kappa shape index (κ1) is 25.2. The molecule has 0 radical (unpaired) electrons. The van der Waals surface area contributed by atoms with E-state index in [0.29, 0.717) is 30.0 Å². The van der Waals surface area contributed by atoms with Gasteiger partial charge in [0.15, 0.2) is 0 Å². The van der Waals surface area contributed by atoms with E-state index >= 15 is 0 Å². The third-order valence-electron chi connectivity index (χ3n) is 5.53. The number of benzene rings is 3. The molecule has 2 N–H and O–H groups in total. The number of fused-ring (bicyclic) bond motifs is 1. The number of nitrogens with zero attached hydrogens (tertiary/aromatic N) is 1. The maximum absolute atomic E-state index is 11.7. The average Bonchev–Trinajstić information content (AvgIpc) is 2.81. The third-order valence-corrected chi connectivity index (χ3v) is 5.53. The molecular formula is C28H32N2O4. The van der Waals surface area contributed by atoms with E-state index in [4.69, 9.17) is 9.47 Å². The summed E-state index contributed by atoms with van der Waals surface area (Å²) in [5.74, 6) is 0.00908. The molecular weight excluding hydrogens is 428 g/mol. The molecule has 34 heavy (non-hydrogen) atoms. The topological polar surface area (TPSA) is 91.6 Å². The number of β-amino-alcohol motifs (C(OH)–C–C–N with tert-alkyl or cyclic N) is 1. The zero-order valence-corrected chi connectivity index (χ0v) is 20.0. The number of rotatable bonds is 11. The number of carbonyl (C=O) groups is 1. The lowest BCUT2D eigenvalue weighted by atomic mass is 9.93. The smallest absolute Gasteiger partial charge is 0.310 e. The van der Waals surface area contributed by atoms with E-state index in [1.807, 2.05) is 12.1 Å². The molecule has 0 saturated carbocycles. The summed E-state index contributed by atoms with van der Waals surface area (Å²) in [4.78, 5) is 11.7. The Kier molecular flexibility index (Phi) is 8.64. The summed E-state index contributed by atoms with van der Waals surface area (Å²) in [7, 11) is 0. The van der Waals surface area contributed by atoms with E-state index in [0.717, 1.165) is 6.42 Å². The minimum atomic E-state index is -0.767. The SMILES string of the molecule is CCOC(=O)Cc1ccc(C#N)c(OC[C@H](O)CNC(C)(C)Cc2ccc3ccccc3c2)c1. The van der Waals surface area contributed by atoms with Gasteiger partial charge in [0.05, 0.1) is 18.6 Å². The van der Waals surface area contributed by atoms with Gasteiger partial charge in [-0.15, -0.1) is 0 Å². The standard InChI is InChI=1S/C28H32N2O4/c1-4-33-27(32)15-20-9-12-24(17-29)26(14-20)34-19-25(31)18-30-28(2,3)16-21-10-11-22-7-5-6-8-23(22)13-21/h5-14,25,30-31H,4,15-16,18-19H2,1-3H3/t25-/m1/s1. The van der Waals surface area contributed by atoms with Crippen LogP contribution in [0.1, 0.15) is 37.5 Å². The second-order valence-electron chi connectivity index (χ2n) is 9.01. The first-order valence-electron chi connectivity index (χ1n) is 11.5. The zero-order valence-electron chi connectivity index (χ0n) is 20.0. The van der Waals surface area contributed by atoms with Crippen LogP contribution in [0.2, 0.25) is 0 Å². The van der Waals surface area contributed by atoms with Gasteiger partial charge in [-0.2, -0.15) is 5.26 Å². The first-order chi connectivity index (χ1) is 16.3. The highest BCUT2D eigenvalue weighted by Gasteiger charge is 2.20. The first-order valence-corrected chi connectivity index (χ1v) is 11.5. The number of carbonyl (C=O) groups excluding carboxylic acids is 1. The van der Waals surface area contributed by atoms with Crippen molar-refractivity contribution in [2.24, 2.45) is 0 Å². The molecule has 0 aliphatic carbocycles. The Morgan fingerprint density at radius 2 is 1.82 bits per heavy atom. The quantitative estimate of drug-likeness (QED) is 0.418. The number of esters is 1. The lowest BCUT2D eigenvalue weighted by Crippen LogP contribution is -2.46. The minimum absolute atomic E-state index is 0.0244. The van der Waals surface area contributed by atoms with Crippen LogP contribution >= 0.6 is 0 Å². The van der Waals surface area contributed by atoms with Crippen LogP contribution in [-0.4, -0.2) is 42.5 Å². The van der Waals surface area contributed by atoms with Gasteiger partial charge in [-0.05, 0) is 61.2 Å². The highest BCUT2D eigenvalue weighted by molar-refractivity contribution is 5.83. The van der Waals surface area contributed by atoms with Gasteiger partial charge in [-0.25, -0.2) is 0 Å². The Morgan fingerprint density at radius 1 is 1.09 bits per heavy atom. The van der Waals surface area contributed by atoms with Crippen molar-refractivity contribution in [3.05, 3.63) is 77.4 Å². The Morgan fingerprint density at radius 3 is 2.56 bits per heavy atom. The molecule has 1 atom stereocenters. The Labute approximate surface area is 201 Å². The van der Waals surface area contributed by atoms with Crippen LogP contribution in [0.5, 0.6) is 5.75 Å². The van der Waals surface area contributed by atoms with Gasteiger partial charge in [0, 0.05) is 12.1 Å². The lowest BCUT2D eigenvalue weighted by molar-refractivity contribution is -0.142. The lowest BCUT2D eigenvalue weighted by Gasteiger charge is -2.28. The van der Waals surface area contributed by atoms with E-state index in [1.54, 1.807) is 25.1 Å². The number of aliphatic hydroxyl groups is 1. The predicted molar refractivity (Wildman–Crippen MR) is 133 cm³/mol. The van der Waals surface area contributed by atoms with Gasteiger partial charge in [0.2, 0.25) is 0 Å². The normalized spacial score (nSPS) is 12.2. The molecule has 0 saturated heterocycles. The van der Waals surface area contributed by atoms with Crippen LogP contribution in [0.25, 0.3) is 10.8 Å². The summed E-state index contributed by atoms with van der Waals surface area (Å²) in [5.41, 5.74) is 2.03. The van der Waals surface area contributed by atoms with Crippen molar-refractivity contribution in [1.82, 2.24) is 5.32 Å². The summed E-state index contributed by atoms with van der Waals surface area (Å²) in [6.45, 7) is 6.63. The van der Waals surface area contributed by atoms with Crippen LogP contribution < -0.4 is 10.1 Å². The molecule has 0 bridgehead atoms. The van der Waals surface area contributed by atoms with Gasteiger partial charge in [0.25, 0.3) is 0 Å². The molecule has 0 amide bonds. The molecule has 0 heterocycles. The molecule has 178 valence electrons. The summed E-state index contributed by atoms with van der Waals surface area (Å²) in [6.07, 6.45) is 0.138. The summed E-state index contributed by atoms with van der Waals surface area (Å²) < 4.78 is 10.7. The Bertz CT molecular complexity index is 1170. The summed E-state index contributed by atoms with van der Waals surface area (Å²) >= 11 is 0. The number of aliphatic hydroxyl groups excluding tert-OH is 1. The molecule has 0 spiro atoms. The highest BCUT2D eigenvalue weighted by atomic mass is 16.5. The monoisotopic (exact) mass is 460 g/mol. The van der Waals surface area contributed by atoms with Crippen molar-refractivity contribution in [2.45, 2.75) is 45.3 Å². The van der Waals surface area contributed by atoms with Gasteiger partial charge in [-0.3, -0.25) is 4.79 Å². The van der Waals surface area contributed by atoms with Gasteiger partial charge >= 0.3 is 5.97 Å². The van der Waals surface area contributed by atoms with Crippen molar-refractivity contribution in [2.75, 3.05) is 19.8 Å². The van der Waals surface area contributed by atoms with E-state index in [1.165, 1.54) is 16.3 Å². The zero-order chi connectivity index (χ0) is 24.6. The fourth-order valence-electron chi connectivity index (χ4n) is 3.83. The summed E-state index contributed by atoms with van der Waals surface area (Å²) in [5, 5.41) is 25.7. The van der Waals surface area contributed by atoms with Crippen LogP contribution in [-0.2, 0) is 22.4 Å². The fraction of sp³-hybridized carbons (Fsp3) is 0.357. The molecule has 3 aromatic rings. The Balaban J connectivity index is 1.54. The second-order valence-corrected chi connectivity index (χ2v) is 9.01. The molecule has 6 nitrogen and oxygen atoms in total. The van der Waals surface area contributed by atoms with Gasteiger partial charge in [-0.1, -0.05) is 48.5 Å². The third kappa shape index (κ3) is 7.31. The molecule has 0 aromatic heterocycles. The number of hydrogen-bond donors (Lipinski definition) is 2. The molecule has 6 heteroatoms. The number of hydrogen-bond acceptors (Lipinski definition) is 6. The number of ether oxygens (including phenoxy) is 2. The van der Waals surface area contributed by atoms with Crippen LogP contribution in [0, 0.1) is 11.3 Å². The predicted octanol–water partition coefficient (Wildman–Crippen LogP) is 4.17. The molecule has 0 aliphatic heterocycles. The van der Waals surface area contributed by atoms with Crippen LogP contribution in [0.15, 0.2) is 60.7 Å². The summed E-state index contributed by atoms with van der Waals surface area (Å²) in [6, 6.07) is 21.8. The molecule has 0 fully saturated rings. The van der Waals surface area contributed by atoms with Crippen molar-refractivity contribution in [3.8, 4) is 11.8 Å². The number of nitriles is 1. The fourth-order valence-corrected chi connectivity index (χ4v) is 3.83. The van der Waals surface area contributed by atoms with Gasteiger partial charge < -0.3 is 19.9 Å². The maximum atomic E-state index is 11.7. The van der Waals surface area contributed by atoms with Gasteiger partial charge in [0.1, 0.15) is 24.5 Å². The largest absolute Gasteiger partial charge is 0.489 e. The van der Waals surface area contributed by atoms with E-state index < -0.39 is 6.10 Å². The molecule has 0 unspecified atom stereocenters. The molecule has 3 rings (SSSR count). The van der Waals surface area contributed by atoms with Crippen molar-refractivity contribution < 1.29 is 19.4 Å². The van der Waals surface area contributed by atoms with E-state index in [2.05, 4.69) is 55.6 Å². The van der Waals surface area contributed by atoms with Crippen LogP contribution in [0.4, 0.5) is 0 Å². The number of nitrogens with one attached hydrogen (secondary N) is 1. The van der Waals surface area contributed by atoms with E-state index in [-0.39, 0.29) is 24.5 Å². The van der Waals surface area contributed by atoms with Crippen molar-refractivity contribution in [3.63, 3.8) is 0 Å². The van der Waals surface area contributed by atoms with Crippen LogP contribution in [0.3, 0.4) is 0 Å². The minimum Gasteiger partial charge on any atom is -0.489 e. The molecule has 0 aliphatic rings. The second kappa shape index (κ2) is 11.6. The van der Waals surface area contributed by atoms with Crippen molar-refractivity contribution >= 4 is 16.7 Å². The van der Waals surface area contributed by atoms with E-state index in [9.17, 15) is 15.2 Å². The average molecular weight is 461 g/mol. The Hall–Kier alpha value is -3.40.